The van der Waals surface area contributed by atoms with E-state index in [1.807, 2.05) is 0 Å². The number of rotatable bonds is 3. The van der Waals surface area contributed by atoms with Crippen LogP contribution in [0.3, 0.4) is 0 Å². The van der Waals surface area contributed by atoms with Crippen LogP contribution in [0.25, 0.3) is 0 Å². The molecule has 0 saturated heterocycles. The number of nitrogens with zero attached hydrogens (tertiary/aromatic N) is 1. The molecular weight excluding hydrogens is 270 g/mol. The van der Waals surface area contributed by atoms with E-state index in [4.69, 9.17) is 0 Å². The Morgan fingerprint density at radius 1 is 1.21 bits per heavy atom. The van der Waals surface area contributed by atoms with E-state index < -0.39 is 20.0 Å². The molecule has 1 aromatic rings. The second kappa shape index (κ2) is 5.08. The first-order valence-corrected chi connectivity index (χ1v) is 7.46. The second-order valence-electron chi connectivity index (χ2n) is 4.55. The van der Waals surface area contributed by atoms with Gasteiger partial charge < -0.3 is 0 Å². The van der Waals surface area contributed by atoms with Crippen LogP contribution in [-0.4, -0.2) is 24.4 Å². The van der Waals surface area contributed by atoms with Gasteiger partial charge >= 0.3 is 0 Å². The molecule has 0 spiro atoms. The monoisotopic (exact) mass is 283 g/mol. The van der Waals surface area contributed by atoms with E-state index >= 15 is 0 Å². The number of benzene rings is 1. The molecule has 1 unspecified atom stereocenters. The Hall–Kier alpha value is -1.76. The number of ketones is 1. The second-order valence-corrected chi connectivity index (χ2v) is 6.78. The molecule has 0 amide bonds. The van der Waals surface area contributed by atoms with Crippen molar-refractivity contribution in [1.82, 2.24) is 0 Å². The summed E-state index contributed by atoms with van der Waals surface area (Å²) in [5.41, 5.74) is -0.154. The minimum absolute atomic E-state index is 0.0396. The zero-order valence-electron chi connectivity index (χ0n) is 10.1. The lowest BCUT2D eigenvalue weighted by molar-refractivity contribution is -0.384. The third-order valence-electron chi connectivity index (χ3n) is 3.25. The predicted octanol–water partition coefficient (Wildman–Crippen LogP) is 1.88. The predicted molar refractivity (Wildman–Crippen MR) is 67.5 cm³/mol. The van der Waals surface area contributed by atoms with E-state index in [-0.39, 0.29) is 22.8 Å². The van der Waals surface area contributed by atoms with Gasteiger partial charge in [-0.05, 0) is 25.0 Å². The average molecular weight is 283 g/mol. The van der Waals surface area contributed by atoms with E-state index in [0.29, 0.717) is 19.3 Å². The van der Waals surface area contributed by atoms with Crippen LogP contribution in [0.15, 0.2) is 29.2 Å². The van der Waals surface area contributed by atoms with Crippen LogP contribution < -0.4 is 0 Å². The van der Waals surface area contributed by atoms with Crippen LogP contribution >= 0.6 is 0 Å². The van der Waals surface area contributed by atoms with E-state index in [9.17, 15) is 23.3 Å². The number of carbonyl (C=O) groups excluding carboxylic acids is 1. The summed E-state index contributed by atoms with van der Waals surface area (Å²) in [6, 6.07) is 4.79. The van der Waals surface area contributed by atoms with Crippen molar-refractivity contribution >= 4 is 21.3 Å². The molecule has 19 heavy (non-hydrogen) atoms. The molecular formula is C12H13NO5S. The van der Waals surface area contributed by atoms with Crippen LogP contribution in [0.2, 0.25) is 0 Å². The summed E-state index contributed by atoms with van der Waals surface area (Å²) < 4.78 is 24.6. The Kier molecular flexibility index (Phi) is 3.66. The molecule has 1 aliphatic carbocycles. The highest BCUT2D eigenvalue weighted by Gasteiger charge is 2.32. The summed E-state index contributed by atoms with van der Waals surface area (Å²) in [7, 11) is -3.58. The van der Waals surface area contributed by atoms with Crippen molar-refractivity contribution in [2.75, 3.05) is 0 Å². The maximum absolute atomic E-state index is 12.3. The lowest BCUT2D eigenvalue weighted by Crippen LogP contribution is -2.28. The van der Waals surface area contributed by atoms with Crippen LogP contribution in [0.4, 0.5) is 5.69 Å². The van der Waals surface area contributed by atoms with Crippen molar-refractivity contribution in [2.45, 2.75) is 35.8 Å². The van der Waals surface area contributed by atoms with Gasteiger partial charge in [0.05, 0.1) is 15.1 Å². The molecule has 102 valence electrons. The van der Waals surface area contributed by atoms with Crippen molar-refractivity contribution in [2.24, 2.45) is 0 Å². The molecule has 0 N–H and O–H groups in total. The maximum Gasteiger partial charge on any atom is 0.269 e. The van der Waals surface area contributed by atoms with Crippen molar-refractivity contribution < 1.29 is 18.1 Å². The molecule has 1 saturated carbocycles. The maximum atomic E-state index is 12.3. The van der Waals surface area contributed by atoms with Gasteiger partial charge in [-0.2, -0.15) is 0 Å². The van der Waals surface area contributed by atoms with Gasteiger partial charge in [0.2, 0.25) is 0 Å². The average Bonchev–Trinajstić information content (AvgIpc) is 2.39. The normalized spacial score (nSPS) is 20.2. The molecule has 0 aliphatic heterocycles. The van der Waals surface area contributed by atoms with E-state index in [1.54, 1.807) is 0 Å². The summed E-state index contributed by atoms with van der Waals surface area (Å²) in [6.07, 6.45) is 1.52. The topological polar surface area (TPSA) is 94.3 Å². The summed E-state index contributed by atoms with van der Waals surface area (Å²) >= 11 is 0. The number of nitro groups is 1. The summed E-state index contributed by atoms with van der Waals surface area (Å²) in [5.74, 6) is -0.0401. The Labute approximate surface area is 110 Å². The highest BCUT2D eigenvalue weighted by Crippen LogP contribution is 2.27. The Morgan fingerprint density at radius 3 is 2.37 bits per heavy atom. The summed E-state index contributed by atoms with van der Waals surface area (Å²) in [5, 5.41) is 9.82. The first-order valence-electron chi connectivity index (χ1n) is 5.91. The molecule has 6 nitrogen and oxygen atoms in total. The largest absolute Gasteiger partial charge is 0.300 e. The van der Waals surface area contributed by atoms with Crippen molar-refractivity contribution in [3.63, 3.8) is 0 Å². The Morgan fingerprint density at radius 2 is 1.84 bits per heavy atom. The minimum Gasteiger partial charge on any atom is -0.300 e. The number of Topliss-reactive ketones (excluding diaryl/α,β-unsaturated/α-hetero) is 1. The fraction of sp³-hybridized carbons (Fsp3) is 0.417. The summed E-state index contributed by atoms with van der Waals surface area (Å²) in [4.78, 5) is 21.3. The summed E-state index contributed by atoms with van der Waals surface area (Å²) in [6.45, 7) is 0. The van der Waals surface area contributed by atoms with Crippen molar-refractivity contribution in [3.05, 3.63) is 34.4 Å². The zero-order valence-corrected chi connectivity index (χ0v) is 10.9. The van der Waals surface area contributed by atoms with E-state index in [0.717, 1.165) is 12.1 Å². The van der Waals surface area contributed by atoms with Crippen molar-refractivity contribution in [3.8, 4) is 0 Å². The quantitative estimate of drug-likeness (QED) is 0.623. The van der Waals surface area contributed by atoms with Gasteiger partial charge in [0, 0.05) is 25.0 Å². The lowest BCUT2D eigenvalue weighted by Gasteiger charge is -2.20. The minimum atomic E-state index is -3.58. The molecule has 1 aromatic carbocycles. The van der Waals surface area contributed by atoms with Gasteiger partial charge in [-0.25, -0.2) is 8.42 Å². The third kappa shape index (κ3) is 2.81. The highest BCUT2D eigenvalue weighted by molar-refractivity contribution is 7.92. The number of hydrogen-bond acceptors (Lipinski definition) is 5. The molecule has 0 bridgehead atoms. The van der Waals surface area contributed by atoms with Crippen molar-refractivity contribution in [1.29, 1.82) is 0 Å². The van der Waals surface area contributed by atoms with Gasteiger partial charge in [0.25, 0.3) is 5.69 Å². The molecule has 0 heterocycles. The zero-order chi connectivity index (χ0) is 14.0. The van der Waals surface area contributed by atoms with Gasteiger partial charge in [-0.1, -0.05) is 0 Å². The molecule has 1 atom stereocenters. The molecule has 2 rings (SSSR count). The standard InChI is InChI=1S/C12H13NO5S/c14-10-2-1-3-12(8-10)19(17,18)11-6-4-9(5-7-11)13(15)16/h4-7,12H,1-3,8H2. The fourth-order valence-electron chi connectivity index (χ4n) is 2.20. The smallest absolute Gasteiger partial charge is 0.269 e. The molecule has 1 aliphatic rings. The first-order chi connectivity index (χ1) is 8.91. The number of sulfone groups is 1. The first kappa shape index (κ1) is 13.7. The van der Waals surface area contributed by atoms with Crippen LogP contribution in [0.5, 0.6) is 0 Å². The number of non-ortho nitro benzene ring substituents is 1. The van der Waals surface area contributed by atoms with Crippen LogP contribution in [0, 0.1) is 10.1 Å². The Bertz CT molecular complexity index is 606. The lowest BCUT2D eigenvalue weighted by atomic mass is 9.99. The van der Waals surface area contributed by atoms with Gasteiger partial charge in [0.15, 0.2) is 9.84 Å². The third-order valence-corrected chi connectivity index (χ3v) is 5.46. The van der Waals surface area contributed by atoms with Gasteiger partial charge in [0.1, 0.15) is 5.78 Å². The molecule has 7 heteroatoms. The molecule has 1 fully saturated rings. The molecule has 0 aromatic heterocycles. The molecule has 0 radical (unpaired) electrons. The number of hydrogen-bond donors (Lipinski definition) is 0. The van der Waals surface area contributed by atoms with E-state index in [2.05, 4.69) is 0 Å². The SMILES string of the molecule is O=C1CCCC(S(=O)(=O)c2ccc([N+](=O)[O-])cc2)C1. The Balaban J connectivity index is 2.28. The highest BCUT2D eigenvalue weighted by atomic mass is 32.2. The van der Waals surface area contributed by atoms with Crippen LogP contribution in [0.1, 0.15) is 25.7 Å². The number of carbonyl (C=O) groups is 1. The van der Waals surface area contributed by atoms with Gasteiger partial charge in [-0.15, -0.1) is 0 Å². The van der Waals surface area contributed by atoms with Gasteiger partial charge in [-0.3, -0.25) is 14.9 Å². The van der Waals surface area contributed by atoms with E-state index in [1.165, 1.54) is 12.1 Å². The van der Waals surface area contributed by atoms with Crippen LogP contribution in [-0.2, 0) is 14.6 Å². The fourth-order valence-corrected chi connectivity index (χ4v) is 3.98. The number of nitro benzene ring substituents is 1.